The maximum absolute atomic E-state index is 12.4. The van der Waals surface area contributed by atoms with Gasteiger partial charge in [-0.05, 0) is 36.4 Å². The van der Waals surface area contributed by atoms with Crippen LogP contribution >= 0.6 is 11.6 Å². The van der Waals surface area contributed by atoms with E-state index < -0.39 is 27.8 Å². The quantitative estimate of drug-likeness (QED) is 0.666. The van der Waals surface area contributed by atoms with Gasteiger partial charge in [0.05, 0.1) is 22.1 Å². The molecule has 1 amide bonds. The minimum Gasteiger partial charge on any atom is -0.481 e. The number of hydrogen-bond acceptors (Lipinski definition) is 4. The molecule has 0 bridgehead atoms. The van der Waals surface area contributed by atoms with Gasteiger partial charge < -0.3 is 10.4 Å². The molecule has 0 fully saturated rings. The van der Waals surface area contributed by atoms with E-state index in [1.165, 1.54) is 49.4 Å². The maximum Gasteiger partial charge on any atom is 0.308 e. The number of sulfonamides is 1. The van der Waals surface area contributed by atoms with Gasteiger partial charge in [0.25, 0.3) is 15.9 Å². The number of rotatable bonds is 7. The number of carbonyl (C=O) groups is 2. The molecule has 2 aromatic carbocycles. The van der Waals surface area contributed by atoms with E-state index >= 15 is 0 Å². The molecule has 1 radical (unpaired) electrons. The van der Waals surface area contributed by atoms with E-state index in [2.05, 4.69) is 16.1 Å². The van der Waals surface area contributed by atoms with Crippen LogP contribution in [0.3, 0.4) is 0 Å². The fourth-order valence-electron chi connectivity index (χ4n) is 1.98. The van der Waals surface area contributed by atoms with Crippen LogP contribution < -0.4 is 10.0 Å². The largest absolute Gasteiger partial charge is 0.481 e. The highest BCUT2D eigenvalue weighted by atomic mass is 35.5. The molecule has 0 heterocycles. The van der Waals surface area contributed by atoms with E-state index in [0.29, 0.717) is 0 Å². The average molecular weight is 396 g/mol. The van der Waals surface area contributed by atoms with Crippen LogP contribution in [0.1, 0.15) is 17.3 Å². The monoisotopic (exact) mass is 395 g/mol. The van der Waals surface area contributed by atoms with Crippen molar-refractivity contribution in [3.05, 3.63) is 59.1 Å². The Hall–Kier alpha value is -2.58. The number of carboxylic acid groups (broad SMARTS) is 1. The molecule has 7 nitrogen and oxygen atoms in total. The number of halogens is 1. The third-order valence-electron chi connectivity index (χ3n) is 3.46. The van der Waals surface area contributed by atoms with Gasteiger partial charge in [-0.3, -0.25) is 14.3 Å². The highest BCUT2D eigenvalue weighted by Crippen LogP contribution is 2.23. The lowest BCUT2D eigenvalue weighted by molar-refractivity contribution is -0.140. The lowest BCUT2D eigenvalue weighted by Gasteiger charge is -2.14. The van der Waals surface area contributed by atoms with Crippen molar-refractivity contribution < 1.29 is 23.1 Å². The Labute approximate surface area is 156 Å². The fourth-order valence-corrected chi connectivity index (χ4v) is 3.23. The molecule has 9 heteroatoms. The van der Waals surface area contributed by atoms with Gasteiger partial charge in [-0.25, -0.2) is 8.42 Å². The summed E-state index contributed by atoms with van der Waals surface area (Å²) in [7, 11) is -3.91. The summed E-state index contributed by atoms with van der Waals surface area (Å²) in [4.78, 5) is 23.2. The van der Waals surface area contributed by atoms with E-state index in [4.69, 9.17) is 16.7 Å². The van der Waals surface area contributed by atoms with Crippen LogP contribution in [0.2, 0.25) is 5.02 Å². The fraction of sp³-hybridized carbons (Fsp3) is 0.176. The van der Waals surface area contributed by atoms with Gasteiger partial charge in [-0.2, -0.15) is 0 Å². The standard InChI is InChI=1S/C17H16ClN2O5S/c1-11(17(22)23)10-19-16(21)14-9-12(18)7-8-15(14)20-26(24,25)13-5-3-2-4-6-13/h3-9,11,20H,10H2,1H3,(H,19,21)(H,22,23). The zero-order valence-electron chi connectivity index (χ0n) is 13.7. The summed E-state index contributed by atoms with van der Waals surface area (Å²) < 4.78 is 27.2. The minimum absolute atomic E-state index is 0.0112. The smallest absolute Gasteiger partial charge is 0.308 e. The Morgan fingerprint density at radius 2 is 1.88 bits per heavy atom. The van der Waals surface area contributed by atoms with E-state index in [9.17, 15) is 18.0 Å². The molecule has 1 atom stereocenters. The molecular formula is C17H16ClN2O5S. The first-order valence-electron chi connectivity index (χ1n) is 7.50. The topological polar surface area (TPSA) is 113 Å². The second-order valence-electron chi connectivity index (χ2n) is 5.48. The SMILES string of the molecule is CC(CNC(=O)c1cc(Cl)ccc1NS(=O)(=O)c1cc[c]cc1)C(=O)O. The third-order valence-corrected chi connectivity index (χ3v) is 5.08. The highest BCUT2D eigenvalue weighted by Gasteiger charge is 2.20. The Morgan fingerprint density at radius 3 is 2.50 bits per heavy atom. The van der Waals surface area contributed by atoms with Crippen molar-refractivity contribution in [1.82, 2.24) is 5.32 Å². The second kappa shape index (κ2) is 8.20. The van der Waals surface area contributed by atoms with E-state index in [1.807, 2.05) is 0 Å². The van der Waals surface area contributed by atoms with Crippen molar-refractivity contribution in [2.75, 3.05) is 11.3 Å². The molecule has 0 aliphatic rings. The van der Waals surface area contributed by atoms with Crippen LogP contribution in [0.4, 0.5) is 5.69 Å². The number of aliphatic carboxylic acids is 1. The molecule has 137 valence electrons. The van der Waals surface area contributed by atoms with Crippen molar-refractivity contribution in [1.29, 1.82) is 0 Å². The number of amides is 1. The first kappa shape index (κ1) is 19.7. The second-order valence-corrected chi connectivity index (χ2v) is 7.60. The summed E-state index contributed by atoms with van der Waals surface area (Å²) in [5.74, 6) is -2.49. The number of carboxylic acids is 1. The molecular weight excluding hydrogens is 380 g/mol. The van der Waals surface area contributed by atoms with Gasteiger partial charge in [0.15, 0.2) is 0 Å². The first-order valence-corrected chi connectivity index (χ1v) is 9.36. The van der Waals surface area contributed by atoms with Gasteiger partial charge in [-0.15, -0.1) is 0 Å². The average Bonchev–Trinajstić information content (AvgIpc) is 2.61. The van der Waals surface area contributed by atoms with Gasteiger partial charge in [0.1, 0.15) is 0 Å². The summed E-state index contributed by atoms with van der Waals surface area (Å²) in [5, 5.41) is 11.6. The molecule has 1 unspecified atom stereocenters. The molecule has 0 aliphatic heterocycles. The Kier molecular flexibility index (Phi) is 6.23. The van der Waals surface area contributed by atoms with E-state index in [1.54, 1.807) is 0 Å². The van der Waals surface area contributed by atoms with Crippen LogP contribution in [0.15, 0.2) is 47.4 Å². The minimum atomic E-state index is -3.91. The summed E-state index contributed by atoms with van der Waals surface area (Å²) in [6.07, 6.45) is 0. The number of nitrogens with one attached hydrogen (secondary N) is 2. The van der Waals surface area contributed by atoms with Crippen LogP contribution in [-0.4, -0.2) is 31.9 Å². The Morgan fingerprint density at radius 1 is 1.23 bits per heavy atom. The van der Waals surface area contributed by atoms with E-state index in [-0.39, 0.29) is 27.7 Å². The van der Waals surface area contributed by atoms with Gasteiger partial charge in [-0.1, -0.05) is 30.7 Å². The van der Waals surface area contributed by atoms with E-state index in [0.717, 1.165) is 0 Å². The van der Waals surface area contributed by atoms with Crippen LogP contribution in [0, 0.1) is 12.0 Å². The van der Waals surface area contributed by atoms with Gasteiger partial charge >= 0.3 is 5.97 Å². The summed E-state index contributed by atoms with van der Waals surface area (Å²) >= 11 is 5.91. The molecule has 0 aromatic heterocycles. The van der Waals surface area contributed by atoms with Crippen molar-refractivity contribution in [2.24, 2.45) is 5.92 Å². The molecule has 2 rings (SSSR count). The van der Waals surface area contributed by atoms with Crippen LogP contribution in [0.25, 0.3) is 0 Å². The molecule has 2 aromatic rings. The van der Waals surface area contributed by atoms with Gasteiger partial charge in [0, 0.05) is 11.6 Å². The number of carbonyl (C=O) groups excluding carboxylic acids is 1. The van der Waals surface area contributed by atoms with Crippen molar-refractivity contribution in [2.45, 2.75) is 11.8 Å². The van der Waals surface area contributed by atoms with Crippen LogP contribution in [-0.2, 0) is 14.8 Å². The number of hydrogen-bond donors (Lipinski definition) is 3. The molecule has 0 saturated heterocycles. The molecule has 3 N–H and O–H groups in total. The zero-order valence-corrected chi connectivity index (χ0v) is 15.3. The zero-order chi connectivity index (χ0) is 19.3. The van der Waals surface area contributed by atoms with Crippen LogP contribution in [0.5, 0.6) is 0 Å². The maximum atomic E-state index is 12.4. The predicted octanol–water partition coefficient (Wildman–Crippen LogP) is 2.39. The van der Waals surface area contributed by atoms with Crippen molar-refractivity contribution in [3.63, 3.8) is 0 Å². The van der Waals surface area contributed by atoms with Crippen molar-refractivity contribution in [3.8, 4) is 0 Å². The number of anilines is 1. The van der Waals surface area contributed by atoms with Crippen molar-refractivity contribution >= 4 is 39.2 Å². The first-order chi connectivity index (χ1) is 12.2. The third kappa shape index (κ3) is 4.96. The molecule has 0 spiro atoms. The molecule has 26 heavy (non-hydrogen) atoms. The van der Waals surface area contributed by atoms with Gasteiger partial charge in [0.2, 0.25) is 0 Å². The highest BCUT2D eigenvalue weighted by molar-refractivity contribution is 7.92. The summed E-state index contributed by atoms with van der Waals surface area (Å²) in [6, 6.07) is 12.5. The summed E-state index contributed by atoms with van der Waals surface area (Å²) in [5.41, 5.74) is 0.0175. The predicted molar refractivity (Wildman–Crippen MR) is 96.7 cm³/mol. The Balaban J connectivity index is 2.27. The summed E-state index contributed by atoms with van der Waals surface area (Å²) in [6.45, 7) is 1.33. The molecule has 0 saturated carbocycles. The lowest BCUT2D eigenvalue weighted by Crippen LogP contribution is -2.32. The Bertz CT molecular complexity index is 916. The molecule has 0 aliphatic carbocycles. The normalized spacial score (nSPS) is 12.2. The lowest BCUT2D eigenvalue weighted by atomic mass is 10.1. The number of benzene rings is 2.